The van der Waals surface area contributed by atoms with Gasteiger partial charge in [0.1, 0.15) is 0 Å². The molecule has 136 valence electrons. The van der Waals surface area contributed by atoms with Crippen molar-refractivity contribution in [3.63, 3.8) is 0 Å². The minimum Gasteiger partial charge on any atom is -0.381 e. The van der Waals surface area contributed by atoms with Crippen LogP contribution in [0.2, 0.25) is 0 Å². The molecule has 26 heavy (non-hydrogen) atoms. The third-order valence-corrected chi connectivity index (χ3v) is 4.65. The van der Waals surface area contributed by atoms with E-state index in [1.165, 1.54) is 5.57 Å². The number of hydrogen-bond donors (Lipinski definition) is 0. The summed E-state index contributed by atoms with van der Waals surface area (Å²) in [5.41, 5.74) is 3.83. The number of allylic oxidation sites excluding steroid dienone is 1. The molecule has 3 heterocycles. The Labute approximate surface area is 155 Å². The number of ketones is 1. The van der Waals surface area contributed by atoms with Crippen LogP contribution in [0.15, 0.2) is 54.4 Å². The molecule has 0 saturated carbocycles. The minimum absolute atomic E-state index is 0.171. The molecule has 0 spiro atoms. The molecule has 3 rings (SSSR count). The standard InChI is InChI=1S/C22H26N2O2/c25-22(11-2-1-7-18-8-5-15-26-16-6-9-18)19-12-13-21(24-17-19)20-10-3-4-14-23-20/h3-4,8,10,12-14,17H,1-2,5-7,9,11,15-16H2/b18-8+. The average Bonchev–Trinajstić information content (AvgIpc) is 2.67. The lowest BCUT2D eigenvalue weighted by molar-refractivity contribution is 0.0979. The molecule has 4 heteroatoms. The van der Waals surface area contributed by atoms with Gasteiger partial charge >= 0.3 is 0 Å². The number of pyridine rings is 2. The van der Waals surface area contributed by atoms with E-state index in [0.29, 0.717) is 12.0 Å². The molecule has 2 aromatic rings. The number of carbonyl (C=O) groups excluding carboxylic acids is 1. The first-order valence-electron chi connectivity index (χ1n) is 9.49. The lowest BCUT2D eigenvalue weighted by Crippen LogP contribution is -2.02. The van der Waals surface area contributed by atoms with Crippen LogP contribution in [0.5, 0.6) is 0 Å². The fourth-order valence-corrected chi connectivity index (χ4v) is 3.19. The average molecular weight is 350 g/mol. The van der Waals surface area contributed by atoms with Crippen molar-refractivity contribution in [1.29, 1.82) is 0 Å². The molecule has 0 saturated heterocycles. The third kappa shape index (κ3) is 5.60. The molecule has 0 radical (unpaired) electrons. The van der Waals surface area contributed by atoms with Gasteiger partial charge in [-0.05, 0) is 62.8 Å². The van der Waals surface area contributed by atoms with Crippen molar-refractivity contribution in [3.05, 3.63) is 59.9 Å². The van der Waals surface area contributed by atoms with Gasteiger partial charge in [0.2, 0.25) is 0 Å². The number of Topliss-reactive ketones (excluding diaryl/α,β-unsaturated/α-hetero) is 1. The Bertz CT molecular complexity index is 724. The van der Waals surface area contributed by atoms with E-state index in [9.17, 15) is 4.79 Å². The molecule has 2 aromatic heterocycles. The van der Waals surface area contributed by atoms with Crippen LogP contribution >= 0.6 is 0 Å². The first-order valence-corrected chi connectivity index (χ1v) is 9.49. The molecule has 0 N–H and O–H groups in total. The van der Waals surface area contributed by atoms with Crippen molar-refractivity contribution >= 4 is 5.78 Å². The van der Waals surface area contributed by atoms with Gasteiger partial charge in [0.05, 0.1) is 18.0 Å². The summed E-state index contributed by atoms with van der Waals surface area (Å²) in [6.45, 7) is 1.71. The van der Waals surface area contributed by atoms with Gasteiger partial charge in [-0.1, -0.05) is 17.7 Å². The van der Waals surface area contributed by atoms with Crippen LogP contribution in [0.4, 0.5) is 0 Å². The zero-order valence-electron chi connectivity index (χ0n) is 15.2. The molecule has 0 atom stereocenters. The summed E-state index contributed by atoms with van der Waals surface area (Å²) in [6.07, 6.45) is 12.7. The van der Waals surface area contributed by atoms with Crippen LogP contribution in [0.3, 0.4) is 0 Å². The molecule has 0 aromatic carbocycles. The van der Waals surface area contributed by atoms with E-state index in [2.05, 4.69) is 16.0 Å². The number of nitrogens with zero attached hydrogens (tertiary/aromatic N) is 2. The van der Waals surface area contributed by atoms with Crippen LogP contribution in [0.1, 0.15) is 55.3 Å². The first-order chi connectivity index (χ1) is 12.8. The van der Waals surface area contributed by atoms with Gasteiger partial charge in [-0.3, -0.25) is 14.8 Å². The van der Waals surface area contributed by atoms with E-state index in [1.54, 1.807) is 12.4 Å². The fourth-order valence-electron chi connectivity index (χ4n) is 3.19. The largest absolute Gasteiger partial charge is 0.381 e. The molecular formula is C22H26N2O2. The molecule has 0 fully saturated rings. The number of carbonyl (C=O) groups is 1. The Morgan fingerprint density at radius 3 is 2.77 bits per heavy atom. The summed E-state index contributed by atoms with van der Waals surface area (Å²) in [4.78, 5) is 21.0. The molecule has 0 unspecified atom stereocenters. The second-order valence-corrected chi connectivity index (χ2v) is 6.64. The van der Waals surface area contributed by atoms with E-state index in [1.807, 2.05) is 30.3 Å². The highest BCUT2D eigenvalue weighted by atomic mass is 16.5. The zero-order valence-corrected chi connectivity index (χ0v) is 15.2. The Kier molecular flexibility index (Phi) is 7.08. The monoisotopic (exact) mass is 350 g/mol. The predicted octanol–water partition coefficient (Wildman–Crippen LogP) is 5.01. The van der Waals surface area contributed by atoms with Crippen LogP contribution in [0.25, 0.3) is 11.4 Å². The topological polar surface area (TPSA) is 52.1 Å². The Morgan fingerprint density at radius 1 is 1.04 bits per heavy atom. The highest BCUT2D eigenvalue weighted by Gasteiger charge is 2.08. The first kappa shape index (κ1) is 18.5. The van der Waals surface area contributed by atoms with Crippen molar-refractivity contribution < 1.29 is 9.53 Å². The predicted molar refractivity (Wildman–Crippen MR) is 103 cm³/mol. The van der Waals surface area contributed by atoms with Crippen molar-refractivity contribution in [2.24, 2.45) is 0 Å². The summed E-state index contributed by atoms with van der Waals surface area (Å²) in [6, 6.07) is 9.46. The molecular weight excluding hydrogens is 324 g/mol. The Morgan fingerprint density at radius 2 is 1.96 bits per heavy atom. The van der Waals surface area contributed by atoms with E-state index in [-0.39, 0.29) is 5.78 Å². The van der Waals surface area contributed by atoms with Crippen LogP contribution in [-0.2, 0) is 4.74 Å². The fraction of sp³-hybridized carbons (Fsp3) is 0.409. The van der Waals surface area contributed by atoms with E-state index < -0.39 is 0 Å². The Hall–Kier alpha value is -2.33. The van der Waals surface area contributed by atoms with E-state index in [4.69, 9.17) is 4.74 Å². The molecule has 0 bridgehead atoms. The van der Waals surface area contributed by atoms with Gasteiger partial charge in [0.15, 0.2) is 5.78 Å². The maximum absolute atomic E-state index is 12.4. The summed E-state index contributed by atoms with van der Waals surface area (Å²) in [5.74, 6) is 0.171. The number of aromatic nitrogens is 2. The lowest BCUT2D eigenvalue weighted by atomic mass is 9.99. The molecule has 1 aliphatic heterocycles. The molecule has 0 aliphatic carbocycles. The highest BCUT2D eigenvalue weighted by Crippen LogP contribution is 2.19. The smallest absolute Gasteiger partial charge is 0.164 e. The normalized spacial score (nSPS) is 17.0. The molecule has 1 aliphatic rings. The van der Waals surface area contributed by atoms with Gasteiger partial charge in [-0.15, -0.1) is 0 Å². The number of unbranched alkanes of at least 4 members (excludes halogenated alkanes) is 1. The highest BCUT2D eigenvalue weighted by molar-refractivity contribution is 5.95. The van der Waals surface area contributed by atoms with E-state index in [0.717, 1.165) is 63.1 Å². The van der Waals surface area contributed by atoms with Gasteiger partial charge in [0, 0.05) is 31.0 Å². The van der Waals surface area contributed by atoms with Crippen molar-refractivity contribution in [2.45, 2.75) is 44.9 Å². The zero-order chi connectivity index (χ0) is 18.0. The van der Waals surface area contributed by atoms with Gasteiger partial charge in [0.25, 0.3) is 0 Å². The summed E-state index contributed by atoms with van der Waals surface area (Å²) in [7, 11) is 0. The summed E-state index contributed by atoms with van der Waals surface area (Å²) < 4.78 is 5.47. The summed E-state index contributed by atoms with van der Waals surface area (Å²) >= 11 is 0. The maximum atomic E-state index is 12.4. The van der Waals surface area contributed by atoms with Crippen LogP contribution in [-0.4, -0.2) is 29.0 Å². The van der Waals surface area contributed by atoms with Crippen molar-refractivity contribution in [3.8, 4) is 11.4 Å². The number of hydrogen-bond acceptors (Lipinski definition) is 4. The van der Waals surface area contributed by atoms with Crippen LogP contribution in [0, 0.1) is 0 Å². The lowest BCUT2D eigenvalue weighted by Gasteiger charge is -2.12. The van der Waals surface area contributed by atoms with Crippen molar-refractivity contribution in [1.82, 2.24) is 9.97 Å². The summed E-state index contributed by atoms with van der Waals surface area (Å²) in [5, 5.41) is 0. The van der Waals surface area contributed by atoms with Crippen LogP contribution < -0.4 is 0 Å². The SMILES string of the molecule is O=C(CCCC/C1=C\CCOCCC1)c1ccc(-c2ccccn2)nc1. The Balaban J connectivity index is 1.44. The molecule has 0 amide bonds. The second kappa shape index (κ2) is 9.97. The number of rotatable bonds is 7. The van der Waals surface area contributed by atoms with Gasteiger partial charge in [-0.25, -0.2) is 0 Å². The van der Waals surface area contributed by atoms with Gasteiger partial charge in [-0.2, -0.15) is 0 Å². The van der Waals surface area contributed by atoms with Crippen molar-refractivity contribution in [2.75, 3.05) is 13.2 Å². The second-order valence-electron chi connectivity index (χ2n) is 6.64. The minimum atomic E-state index is 0.171. The van der Waals surface area contributed by atoms with Gasteiger partial charge < -0.3 is 4.74 Å². The maximum Gasteiger partial charge on any atom is 0.164 e. The quantitative estimate of drug-likeness (QED) is 0.400. The molecule has 4 nitrogen and oxygen atoms in total. The third-order valence-electron chi connectivity index (χ3n) is 4.65. The van der Waals surface area contributed by atoms with E-state index >= 15 is 0 Å². The number of ether oxygens (including phenoxy) is 1.